The van der Waals surface area contributed by atoms with Gasteiger partial charge in [0.25, 0.3) is 0 Å². The number of hydrogen-bond acceptors (Lipinski definition) is 4. The van der Waals surface area contributed by atoms with Gasteiger partial charge in [0.15, 0.2) is 11.5 Å². The minimum atomic E-state index is 0.661. The Morgan fingerprint density at radius 1 is 1.14 bits per heavy atom. The van der Waals surface area contributed by atoms with E-state index in [9.17, 15) is 0 Å². The Bertz CT molecular complexity index is 385. The molecule has 0 radical (unpaired) electrons. The highest BCUT2D eigenvalue weighted by Gasteiger charge is 2.10. The average Bonchev–Trinajstić information content (AvgIpc) is 2.49. The molecule has 0 fully saturated rings. The van der Waals surface area contributed by atoms with Crippen LogP contribution in [0.25, 0.3) is 0 Å². The van der Waals surface area contributed by atoms with Crippen LogP contribution < -0.4 is 14.8 Å². The molecule has 1 N–H and O–H groups in total. The van der Waals surface area contributed by atoms with Gasteiger partial charge in [-0.05, 0) is 43.9 Å². The highest BCUT2D eigenvalue weighted by Crippen LogP contribution is 2.31. The summed E-state index contributed by atoms with van der Waals surface area (Å²) in [6, 6.07) is 6.14. The third-order valence-electron chi connectivity index (χ3n) is 2.99. The molecule has 1 aromatic carbocycles. The lowest BCUT2D eigenvalue weighted by molar-refractivity contribution is 0.274. The van der Waals surface area contributed by atoms with Gasteiger partial charge in [-0.25, -0.2) is 0 Å². The maximum absolute atomic E-state index is 6.02. The summed E-state index contributed by atoms with van der Waals surface area (Å²) in [5.74, 6) is 4.08. The predicted molar refractivity (Wildman–Crippen MR) is 92.7 cm³/mol. The lowest BCUT2D eigenvalue weighted by Gasteiger charge is -2.16. The fraction of sp³-hybridized carbons (Fsp3) is 0.647. The SMILES string of the molecule is CCCNCc1cccc(OCC)c1OCCCSCC. The number of hydrogen-bond donors (Lipinski definition) is 1. The number of para-hydroxylation sites is 1. The van der Waals surface area contributed by atoms with Crippen molar-refractivity contribution in [2.24, 2.45) is 0 Å². The molecule has 0 spiro atoms. The van der Waals surface area contributed by atoms with Crippen LogP contribution in [0.4, 0.5) is 0 Å². The first kappa shape index (κ1) is 18.2. The Balaban J connectivity index is 2.64. The Morgan fingerprint density at radius 2 is 2.00 bits per heavy atom. The molecular formula is C17H29NO2S. The quantitative estimate of drug-likeness (QED) is 0.589. The largest absolute Gasteiger partial charge is 0.490 e. The molecule has 4 heteroatoms. The molecule has 1 rings (SSSR count). The summed E-state index contributed by atoms with van der Waals surface area (Å²) in [6.45, 7) is 9.62. The van der Waals surface area contributed by atoms with Crippen LogP contribution >= 0.6 is 11.8 Å². The predicted octanol–water partition coefficient (Wildman–Crippen LogP) is 4.11. The van der Waals surface area contributed by atoms with Crippen molar-refractivity contribution in [1.82, 2.24) is 5.32 Å². The minimum absolute atomic E-state index is 0.661. The van der Waals surface area contributed by atoms with Crippen LogP contribution in [0.1, 0.15) is 39.2 Å². The molecule has 0 unspecified atom stereocenters. The zero-order valence-electron chi connectivity index (χ0n) is 13.6. The maximum atomic E-state index is 6.02. The molecule has 120 valence electrons. The zero-order chi connectivity index (χ0) is 15.3. The standard InChI is InChI=1S/C17H29NO2S/c1-4-11-18-14-15-9-7-10-16(19-5-2)17(15)20-12-8-13-21-6-3/h7,9-10,18H,4-6,8,11-14H2,1-3H3. The third kappa shape index (κ3) is 7.09. The second-order valence-corrected chi connectivity index (χ2v) is 6.15. The van der Waals surface area contributed by atoms with Gasteiger partial charge in [-0.1, -0.05) is 26.0 Å². The van der Waals surface area contributed by atoms with Gasteiger partial charge in [0, 0.05) is 12.1 Å². The first-order valence-electron chi connectivity index (χ1n) is 7.99. The summed E-state index contributed by atoms with van der Waals surface area (Å²) in [6.07, 6.45) is 2.20. The van der Waals surface area contributed by atoms with Crippen molar-refractivity contribution >= 4 is 11.8 Å². The highest BCUT2D eigenvalue weighted by molar-refractivity contribution is 7.99. The molecule has 21 heavy (non-hydrogen) atoms. The molecule has 0 atom stereocenters. The summed E-state index contributed by atoms with van der Waals surface area (Å²) in [4.78, 5) is 0. The van der Waals surface area contributed by atoms with Crippen LogP contribution in [0, 0.1) is 0 Å². The van der Waals surface area contributed by atoms with E-state index >= 15 is 0 Å². The zero-order valence-corrected chi connectivity index (χ0v) is 14.4. The molecule has 1 aromatic rings. The molecule has 0 bridgehead atoms. The monoisotopic (exact) mass is 311 g/mol. The second-order valence-electron chi connectivity index (χ2n) is 4.75. The Morgan fingerprint density at radius 3 is 2.71 bits per heavy atom. The number of rotatable bonds is 12. The van der Waals surface area contributed by atoms with Gasteiger partial charge in [-0.15, -0.1) is 0 Å². The summed E-state index contributed by atoms with van der Waals surface area (Å²) >= 11 is 1.96. The van der Waals surface area contributed by atoms with E-state index in [1.165, 1.54) is 11.3 Å². The summed E-state index contributed by atoms with van der Waals surface area (Å²) in [5.41, 5.74) is 1.18. The van der Waals surface area contributed by atoms with Crippen molar-refractivity contribution in [3.05, 3.63) is 23.8 Å². The molecule has 0 saturated carbocycles. The van der Waals surface area contributed by atoms with E-state index in [-0.39, 0.29) is 0 Å². The Kier molecular flexibility index (Phi) is 10.2. The van der Waals surface area contributed by atoms with Crippen molar-refractivity contribution in [1.29, 1.82) is 0 Å². The number of nitrogens with one attached hydrogen (secondary N) is 1. The average molecular weight is 311 g/mol. The summed E-state index contributed by atoms with van der Waals surface area (Å²) < 4.78 is 11.7. The van der Waals surface area contributed by atoms with Crippen LogP contribution in [0.15, 0.2) is 18.2 Å². The van der Waals surface area contributed by atoms with Crippen molar-refractivity contribution < 1.29 is 9.47 Å². The maximum Gasteiger partial charge on any atom is 0.165 e. The van der Waals surface area contributed by atoms with Crippen molar-refractivity contribution in [3.8, 4) is 11.5 Å². The van der Waals surface area contributed by atoms with Crippen LogP contribution in [-0.2, 0) is 6.54 Å². The molecule has 0 heterocycles. The van der Waals surface area contributed by atoms with Gasteiger partial charge in [-0.3, -0.25) is 0 Å². The van der Waals surface area contributed by atoms with Gasteiger partial charge >= 0.3 is 0 Å². The lowest BCUT2D eigenvalue weighted by Crippen LogP contribution is -2.15. The van der Waals surface area contributed by atoms with Crippen LogP contribution in [0.2, 0.25) is 0 Å². The highest BCUT2D eigenvalue weighted by atomic mass is 32.2. The minimum Gasteiger partial charge on any atom is -0.490 e. The van der Waals surface area contributed by atoms with Gasteiger partial charge < -0.3 is 14.8 Å². The van der Waals surface area contributed by atoms with Gasteiger partial charge in [-0.2, -0.15) is 11.8 Å². The molecule has 0 saturated heterocycles. The smallest absolute Gasteiger partial charge is 0.165 e. The molecule has 0 aliphatic rings. The molecule has 0 aromatic heterocycles. The van der Waals surface area contributed by atoms with Crippen molar-refractivity contribution in [3.63, 3.8) is 0 Å². The normalized spacial score (nSPS) is 10.6. The molecule has 0 amide bonds. The number of ether oxygens (including phenoxy) is 2. The van der Waals surface area contributed by atoms with E-state index in [1.54, 1.807) is 0 Å². The molecular weight excluding hydrogens is 282 g/mol. The third-order valence-corrected chi connectivity index (χ3v) is 3.97. The molecule has 0 aliphatic carbocycles. The van der Waals surface area contributed by atoms with Gasteiger partial charge in [0.2, 0.25) is 0 Å². The van der Waals surface area contributed by atoms with Gasteiger partial charge in [0.05, 0.1) is 13.2 Å². The molecule has 3 nitrogen and oxygen atoms in total. The fourth-order valence-electron chi connectivity index (χ4n) is 2.01. The number of benzene rings is 1. The summed E-state index contributed by atoms with van der Waals surface area (Å²) in [5, 5.41) is 3.43. The van der Waals surface area contributed by atoms with Crippen LogP contribution in [0.5, 0.6) is 11.5 Å². The van der Waals surface area contributed by atoms with E-state index in [0.717, 1.165) is 49.8 Å². The number of thioether (sulfide) groups is 1. The van der Waals surface area contributed by atoms with E-state index in [2.05, 4.69) is 25.2 Å². The lowest BCUT2D eigenvalue weighted by atomic mass is 10.2. The molecule has 0 aliphatic heterocycles. The fourth-order valence-corrected chi connectivity index (χ4v) is 2.62. The van der Waals surface area contributed by atoms with Crippen molar-refractivity contribution in [2.45, 2.75) is 40.2 Å². The Labute approximate surface area is 133 Å². The van der Waals surface area contributed by atoms with Gasteiger partial charge in [0.1, 0.15) is 0 Å². The van der Waals surface area contributed by atoms with Crippen LogP contribution in [0.3, 0.4) is 0 Å². The van der Waals surface area contributed by atoms with E-state index in [4.69, 9.17) is 9.47 Å². The Hall–Kier alpha value is -0.870. The van der Waals surface area contributed by atoms with E-state index < -0.39 is 0 Å². The van der Waals surface area contributed by atoms with E-state index in [1.807, 2.05) is 30.8 Å². The summed E-state index contributed by atoms with van der Waals surface area (Å²) in [7, 11) is 0. The second kappa shape index (κ2) is 11.8. The topological polar surface area (TPSA) is 30.5 Å². The van der Waals surface area contributed by atoms with Crippen LogP contribution in [-0.4, -0.2) is 31.3 Å². The first-order chi connectivity index (χ1) is 10.3. The first-order valence-corrected chi connectivity index (χ1v) is 9.14. The van der Waals surface area contributed by atoms with Crippen molar-refractivity contribution in [2.75, 3.05) is 31.3 Å². The van der Waals surface area contributed by atoms with E-state index in [0.29, 0.717) is 6.61 Å².